The monoisotopic (exact) mass is 663 g/mol. The molecule has 2 aliphatic heterocycles. The van der Waals surface area contributed by atoms with Crippen LogP contribution in [0.15, 0.2) is 47.3 Å². The van der Waals surface area contributed by atoms with E-state index < -0.39 is 35.9 Å². The topological polar surface area (TPSA) is 134 Å². The van der Waals surface area contributed by atoms with Gasteiger partial charge < -0.3 is 39.8 Å². The van der Waals surface area contributed by atoms with E-state index in [1.54, 1.807) is 51.8 Å². The first-order chi connectivity index (χ1) is 21.7. The van der Waals surface area contributed by atoms with E-state index in [-0.39, 0.29) is 32.2 Å². The summed E-state index contributed by atoms with van der Waals surface area (Å²) in [7, 11) is 1.77. The van der Waals surface area contributed by atoms with E-state index in [9.17, 15) is 23.1 Å². The van der Waals surface area contributed by atoms with E-state index in [1.807, 2.05) is 12.1 Å². The molecule has 2 unspecified atom stereocenters. The Bertz CT molecular complexity index is 1640. The van der Waals surface area contributed by atoms with Gasteiger partial charge in [-0.15, -0.1) is 0 Å². The third-order valence-electron chi connectivity index (χ3n) is 6.77. The van der Waals surface area contributed by atoms with Gasteiger partial charge in [-0.3, -0.25) is 4.99 Å². The summed E-state index contributed by atoms with van der Waals surface area (Å²) in [5, 5.41) is 16.1. The number of nitrogens with zero attached hydrogens (tertiary/aromatic N) is 5. The van der Waals surface area contributed by atoms with Crippen LogP contribution in [0.1, 0.15) is 39.0 Å². The first kappa shape index (κ1) is 33.2. The molecule has 1 saturated heterocycles. The summed E-state index contributed by atoms with van der Waals surface area (Å²) >= 11 is 1.36. The molecule has 0 saturated carbocycles. The van der Waals surface area contributed by atoms with Crippen molar-refractivity contribution < 1.29 is 37.3 Å². The highest BCUT2D eigenvalue weighted by atomic mass is 32.1. The normalized spacial score (nSPS) is 18.2. The fourth-order valence-electron chi connectivity index (χ4n) is 4.66. The average molecular weight is 664 g/mol. The number of pyridine rings is 1. The highest BCUT2D eigenvalue weighted by Gasteiger charge is 2.34. The SMILES string of the molecule is CC(O)Nc1nc2c(OC3=CC(c4ccc(C(F)(F)F)nc4NCC4CN(C(=O)OC(C)(C)C)CCO4)=NCN3C)cccc2s1. The summed E-state index contributed by atoms with van der Waals surface area (Å²) in [4.78, 5) is 28.9. The number of halogens is 3. The second-order valence-corrected chi connectivity index (χ2v) is 12.8. The number of morpholine rings is 1. The number of benzene rings is 1. The molecule has 0 bridgehead atoms. The van der Waals surface area contributed by atoms with Gasteiger partial charge in [0.1, 0.15) is 35.5 Å². The molecule has 1 amide bonds. The number of para-hydroxylation sites is 1. The molecule has 2 atom stereocenters. The van der Waals surface area contributed by atoms with Crippen molar-refractivity contribution in [3.8, 4) is 5.75 Å². The summed E-state index contributed by atoms with van der Waals surface area (Å²) in [6, 6.07) is 7.68. The van der Waals surface area contributed by atoms with Crippen LogP contribution in [0.25, 0.3) is 10.2 Å². The number of nitrogens with one attached hydrogen (secondary N) is 2. The maximum atomic E-state index is 13.7. The van der Waals surface area contributed by atoms with Gasteiger partial charge in [-0.2, -0.15) is 13.2 Å². The molecular formula is C30H36F3N7O5S. The number of hydrogen-bond acceptors (Lipinski definition) is 12. The fourth-order valence-corrected chi connectivity index (χ4v) is 5.62. The summed E-state index contributed by atoms with van der Waals surface area (Å²) in [5.41, 5.74) is -0.461. The molecule has 5 rings (SSSR count). The first-order valence-electron chi connectivity index (χ1n) is 14.6. The summed E-state index contributed by atoms with van der Waals surface area (Å²) < 4.78 is 59.5. The van der Waals surface area contributed by atoms with Crippen LogP contribution in [-0.4, -0.2) is 94.6 Å². The van der Waals surface area contributed by atoms with Crippen LogP contribution in [0, 0.1) is 0 Å². The maximum absolute atomic E-state index is 13.7. The Morgan fingerprint density at radius 3 is 2.72 bits per heavy atom. The highest BCUT2D eigenvalue weighted by molar-refractivity contribution is 7.22. The van der Waals surface area contributed by atoms with Gasteiger partial charge in [-0.1, -0.05) is 17.4 Å². The molecule has 3 N–H and O–H groups in total. The number of aliphatic hydroxyl groups excluding tert-OH is 1. The van der Waals surface area contributed by atoms with Crippen LogP contribution in [0.3, 0.4) is 0 Å². The average Bonchev–Trinajstić information content (AvgIpc) is 3.38. The van der Waals surface area contributed by atoms with Gasteiger partial charge in [0.05, 0.1) is 29.7 Å². The number of rotatable bonds is 8. The lowest BCUT2D eigenvalue weighted by molar-refractivity contribution is -0.141. The number of aliphatic imine (C=N–C) groups is 1. The third-order valence-corrected chi connectivity index (χ3v) is 7.72. The lowest BCUT2D eigenvalue weighted by Gasteiger charge is -2.34. The number of alkyl halides is 3. The zero-order chi connectivity index (χ0) is 33.2. The zero-order valence-electron chi connectivity index (χ0n) is 26.0. The summed E-state index contributed by atoms with van der Waals surface area (Å²) in [5.74, 6) is 0.812. The van der Waals surface area contributed by atoms with Gasteiger partial charge in [0.15, 0.2) is 16.8 Å². The Kier molecular flexibility index (Phi) is 9.60. The predicted octanol–water partition coefficient (Wildman–Crippen LogP) is 5.12. The van der Waals surface area contributed by atoms with E-state index in [4.69, 9.17) is 14.2 Å². The molecule has 0 spiro atoms. The van der Waals surface area contributed by atoms with Gasteiger partial charge >= 0.3 is 12.3 Å². The molecule has 12 nitrogen and oxygen atoms in total. The van der Waals surface area contributed by atoms with Gasteiger partial charge in [0.25, 0.3) is 0 Å². The van der Waals surface area contributed by atoms with Crippen LogP contribution in [0.5, 0.6) is 5.75 Å². The Balaban J connectivity index is 1.38. The molecule has 1 aromatic carbocycles. The van der Waals surface area contributed by atoms with E-state index in [0.717, 1.165) is 10.8 Å². The molecule has 4 heterocycles. The van der Waals surface area contributed by atoms with Crippen molar-refractivity contribution in [3.05, 3.63) is 53.5 Å². The van der Waals surface area contributed by atoms with Crippen molar-refractivity contribution in [2.75, 3.05) is 50.6 Å². The lowest BCUT2D eigenvalue weighted by atomic mass is 10.1. The van der Waals surface area contributed by atoms with Crippen molar-refractivity contribution in [2.24, 2.45) is 4.99 Å². The van der Waals surface area contributed by atoms with Crippen LogP contribution in [0.2, 0.25) is 0 Å². The van der Waals surface area contributed by atoms with E-state index in [1.165, 1.54) is 22.3 Å². The fraction of sp³-hybridized carbons (Fsp3) is 0.467. The van der Waals surface area contributed by atoms with E-state index in [2.05, 4.69) is 25.6 Å². The first-order valence-corrected chi connectivity index (χ1v) is 15.4. The number of amides is 1. The quantitative estimate of drug-likeness (QED) is 0.279. The summed E-state index contributed by atoms with van der Waals surface area (Å²) in [6.45, 7) is 7.93. The molecule has 3 aromatic rings. The van der Waals surface area contributed by atoms with Gasteiger partial charge in [-0.05, 0) is 52.0 Å². The molecule has 46 heavy (non-hydrogen) atoms. The molecule has 0 radical (unpaired) electrons. The van der Waals surface area contributed by atoms with Gasteiger partial charge in [-0.25, -0.2) is 14.8 Å². The summed E-state index contributed by atoms with van der Waals surface area (Å²) in [6.07, 6.45) is -4.84. The molecule has 248 valence electrons. The lowest BCUT2D eigenvalue weighted by Crippen LogP contribution is -2.49. The number of aliphatic hydroxyl groups is 1. The second-order valence-electron chi connectivity index (χ2n) is 11.8. The largest absolute Gasteiger partial charge is 0.444 e. The number of fused-ring (bicyclic) bond motifs is 1. The minimum absolute atomic E-state index is 0.0397. The highest BCUT2D eigenvalue weighted by Crippen LogP contribution is 2.35. The van der Waals surface area contributed by atoms with E-state index >= 15 is 0 Å². The predicted molar refractivity (Wildman–Crippen MR) is 168 cm³/mol. The molecule has 0 aliphatic carbocycles. The standard InChI is InChI=1S/C30H36F3N7O5S/c1-17(41)36-27-38-25-21(7-6-8-22(25)46-27)44-24-13-20(35-16-39(24)5)19-9-10-23(30(31,32)33)37-26(19)34-14-18-15-40(11-12-43-18)28(42)45-29(2,3)4/h6-10,13,17-18,41H,11-12,14-16H2,1-5H3,(H,34,37)(H,36,38). The van der Waals surface area contributed by atoms with Crippen molar-refractivity contribution >= 4 is 44.3 Å². The van der Waals surface area contributed by atoms with Gasteiger partial charge in [0.2, 0.25) is 0 Å². The molecular weight excluding hydrogens is 627 g/mol. The van der Waals surface area contributed by atoms with E-state index in [0.29, 0.717) is 40.1 Å². The van der Waals surface area contributed by atoms with Crippen molar-refractivity contribution in [3.63, 3.8) is 0 Å². The van der Waals surface area contributed by atoms with Crippen molar-refractivity contribution in [2.45, 2.75) is 51.8 Å². The molecule has 2 aliphatic rings. The minimum atomic E-state index is -4.67. The molecule has 1 fully saturated rings. The van der Waals surface area contributed by atoms with Crippen molar-refractivity contribution in [1.29, 1.82) is 0 Å². The van der Waals surface area contributed by atoms with Crippen LogP contribution in [-0.2, 0) is 15.7 Å². The number of carbonyl (C=O) groups excluding carboxylic acids is 1. The Labute approximate surface area is 267 Å². The number of anilines is 2. The van der Waals surface area contributed by atoms with Crippen LogP contribution < -0.4 is 15.4 Å². The Hall–Kier alpha value is -4.15. The number of carbonyl (C=O) groups is 1. The van der Waals surface area contributed by atoms with Gasteiger partial charge in [0, 0.05) is 31.8 Å². The molecule has 16 heteroatoms. The Morgan fingerprint density at radius 1 is 1.22 bits per heavy atom. The number of hydrogen-bond donors (Lipinski definition) is 3. The number of ether oxygens (including phenoxy) is 3. The number of thiazole rings is 1. The zero-order valence-corrected chi connectivity index (χ0v) is 26.8. The molecule has 2 aromatic heterocycles. The number of allylic oxidation sites excluding steroid dienone is 1. The van der Waals surface area contributed by atoms with Crippen LogP contribution >= 0.6 is 11.3 Å². The Morgan fingerprint density at radius 2 is 2.00 bits per heavy atom. The smallest absolute Gasteiger partial charge is 0.433 e. The minimum Gasteiger partial charge on any atom is -0.444 e. The number of aromatic nitrogens is 2. The van der Waals surface area contributed by atoms with Crippen molar-refractivity contribution in [1.82, 2.24) is 19.8 Å². The third kappa shape index (κ3) is 8.16. The van der Waals surface area contributed by atoms with Crippen LogP contribution in [0.4, 0.5) is 28.9 Å². The second kappa shape index (κ2) is 13.3. The maximum Gasteiger partial charge on any atom is 0.433 e.